The Morgan fingerprint density at radius 2 is 2.26 bits per heavy atom. The summed E-state index contributed by atoms with van der Waals surface area (Å²) >= 11 is 0. The van der Waals surface area contributed by atoms with E-state index in [1.54, 1.807) is 18.3 Å². The zero-order chi connectivity index (χ0) is 13.5. The van der Waals surface area contributed by atoms with E-state index in [-0.39, 0.29) is 18.6 Å². The second-order valence-electron chi connectivity index (χ2n) is 4.40. The molecule has 0 aromatic carbocycles. The van der Waals surface area contributed by atoms with Gasteiger partial charge in [-0.2, -0.15) is 5.10 Å². The minimum Gasteiger partial charge on any atom is -0.473 e. The second-order valence-corrected chi connectivity index (χ2v) is 4.40. The van der Waals surface area contributed by atoms with Crippen molar-refractivity contribution in [3.05, 3.63) is 18.3 Å². The van der Waals surface area contributed by atoms with Crippen molar-refractivity contribution in [2.75, 3.05) is 26.3 Å². The van der Waals surface area contributed by atoms with E-state index in [1.807, 2.05) is 11.8 Å². The first-order valence-corrected chi connectivity index (χ1v) is 6.59. The van der Waals surface area contributed by atoms with E-state index in [0.717, 1.165) is 12.8 Å². The van der Waals surface area contributed by atoms with Crippen LogP contribution >= 0.6 is 0 Å². The van der Waals surface area contributed by atoms with Gasteiger partial charge < -0.3 is 14.4 Å². The number of aromatic nitrogens is 2. The first-order valence-electron chi connectivity index (χ1n) is 6.59. The van der Waals surface area contributed by atoms with Crippen LogP contribution < -0.4 is 4.74 Å². The Labute approximate surface area is 112 Å². The molecule has 1 aliphatic heterocycles. The molecule has 1 aromatic rings. The average Bonchev–Trinajstić information content (AvgIpc) is 2.46. The van der Waals surface area contributed by atoms with E-state index in [1.165, 1.54) is 0 Å². The molecular formula is C13H19N3O3. The lowest BCUT2D eigenvalue weighted by Crippen LogP contribution is -2.43. The maximum Gasteiger partial charge on any atom is 0.248 e. The topological polar surface area (TPSA) is 64.5 Å². The maximum atomic E-state index is 11.8. The van der Waals surface area contributed by atoms with E-state index in [0.29, 0.717) is 25.6 Å². The molecule has 0 atom stereocenters. The van der Waals surface area contributed by atoms with Crippen LogP contribution in [-0.2, 0) is 9.53 Å². The normalized spacial score (nSPS) is 16.4. The smallest absolute Gasteiger partial charge is 0.248 e. The molecule has 0 saturated carbocycles. The Morgan fingerprint density at radius 1 is 1.47 bits per heavy atom. The van der Waals surface area contributed by atoms with Crippen molar-refractivity contribution < 1.29 is 14.3 Å². The summed E-state index contributed by atoms with van der Waals surface area (Å²) in [6.45, 7) is 4.03. The highest BCUT2D eigenvalue weighted by atomic mass is 16.5. The van der Waals surface area contributed by atoms with Crippen molar-refractivity contribution in [2.24, 2.45) is 0 Å². The third kappa shape index (κ3) is 4.17. The lowest BCUT2D eigenvalue weighted by Gasteiger charge is -2.31. The number of carbonyl (C=O) groups excluding carboxylic acids is 1. The molecule has 1 aliphatic rings. The number of carbonyl (C=O) groups is 1. The summed E-state index contributed by atoms with van der Waals surface area (Å²) in [4.78, 5) is 13.6. The van der Waals surface area contributed by atoms with Crippen LogP contribution in [0, 0.1) is 0 Å². The summed E-state index contributed by atoms with van der Waals surface area (Å²) in [7, 11) is 0. The van der Waals surface area contributed by atoms with Gasteiger partial charge >= 0.3 is 0 Å². The van der Waals surface area contributed by atoms with Gasteiger partial charge in [-0.15, -0.1) is 5.10 Å². The van der Waals surface area contributed by atoms with Gasteiger partial charge in [0.1, 0.15) is 12.7 Å². The number of nitrogens with zero attached hydrogens (tertiary/aromatic N) is 3. The largest absolute Gasteiger partial charge is 0.473 e. The first kappa shape index (κ1) is 13.7. The van der Waals surface area contributed by atoms with Crippen molar-refractivity contribution in [1.29, 1.82) is 0 Å². The molecule has 1 aromatic heterocycles. The number of rotatable bonds is 5. The predicted molar refractivity (Wildman–Crippen MR) is 68.8 cm³/mol. The summed E-state index contributed by atoms with van der Waals surface area (Å²) < 4.78 is 10.9. The van der Waals surface area contributed by atoms with Gasteiger partial charge in [-0.1, -0.05) is 0 Å². The Kier molecular flexibility index (Phi) is 5.09. The lowest BCUT2D eigenvalue weighted by molar-refractivity contribution is -0.137. The molecular weight excluding hydrogens is 246 g/mol. The van der Waals surface area contributed by atoms with Crippen LogP contribution in [0.15, 0.2) is 18.3 Å². The molecule has 6 heteroatoms. The van der Waals surface area contributed by atoms with Crippen molar-refractivity contribution in [1.82, 2.24) is 15.1 Å². The first-order chi connectivity index (χ1) is 9.29. The minimum atomic E-state index is 0.0554. The fraction of sp³-hybridized carbons (Fsp3) is 0.615. The molecule has 0 radical (unpaired) electrons. The lowest BCUT2D eigenvalue weighted by atomic mass is 10.1. The molecule has 6 nitrogen and oxygen atoms in total. The zero-order valence-corrected chi connectivity index (χ0v) is 11.1. The standard InChI is InChI=1S/C13H19N3O3/c1-2-18-10-13(17)16-8-5-11(6-9-16)19-12-4-3-7-14-15-12/h3-4,7,11H,2,5-6,8-10H2,1H3. The Bertz CT molecular complexity index is 391. The number of hydrogen-bond donors (Lipinski definition) is 0. The Balaban J connectivity index is 1.75. The van der Waals surface area contributed by atoms with Crippen LogP contribution in [0.1, 0.15) is 19.8 Å². The van der Waals surface area contributed by atoms with E-state index < -0.39 is 0 Å². The minimum absolute atomic E-state index is 0.0554. The molecule has 0 N–H and O–H groups in total. The van der Waals surface area contributed by atoms with Crippen LogP contribution in [-0.4, -0.2) is 53.4 Å². The fourth-order valence-electron chi connectivity index (χ4n) is 2.02. The highest BCUT2D eigenvalue weighted by molar-refractivity contribution is 5.77. The summed E-state index contributed by atoms with van der Waals surface area (Å²) in [6, 6.07) is 3.59. The molecule has 0 bridgehead atoms. The van der Waals surface area contributed by atoms with Crippen LogP contribution in [0.4, 0.5) is 0 Å². The zero-order valence-electron chi connectivity index (χ0n) is 11.1. The fourth-order valence-corrected chi connectivity index (χ4v) is 2.02. The van der Waals surface area contributed by atoms with Gasteiger partial charge in [0, 0.05) is 44.8 Å². The maximum absolute atomic E-state index is 11.8. The van der Waals surface area contributed by atoms with Gasteiger partial charge in [0.2, 0.25) is 11.8 Å². The predicted octanol–water partition coefficient (Wildman–Crippen LogP) is 0.883. The van der Waals surface area contributed by atoms with E-state index in [2.05, 4.69) is 10.2 Å². The molecule has 1 saturated heterocycles. The van der Waals surface area contributed by atoms with E-state index in [4.69, 9.17) is 9.47 Å². The van der Waals surface area contributed by atoms with Crippen molar-refractivity contribution in [3.8, 4) is 5.88 Å². The van der Waals surface area contributed by atoms with Crippen LogP contribution in [0.2, 0.25) is 0 Å². The third-order valence-corrected chi connectivity index (χ3v) is 3.06. The number of likely N-dealkylation sites (tertiary alicyclic amines) is 1. The molecule has 2 rings (SSSR count). The van der Waals surface area contributed by atoms with Crippen molar-refractivity contribution in [3.63, 3.8) is 0 Å². The molecule has 1 amide bonds. The Hall–Kier alpha value is -1.69. The van der Waals surface area contributed by atoms with Gasteiger partial charge in [0.15, 0.2) is 0 Å². The van der Waals surface area contributed by atoms with Gasteiger partial charge in [0.05, 0.1) is 0 Å². The van der Waals surface area contributed by atoms with Crippen molar-refractivity contribution >= 4 is 5.91 Å². The van der Waals surface area contributed by atoms with Crippen LogP contribution in [0.5, 0.6) is 5.88 Å². The van der Waals surface area contributed by atoms with Gasteiger partial charge in [0.25, 0.3) is 0 Å². The second kappa shape index (κ2) is 7.04. The number of amides is 1. The molecule has 0 aliphatic carbocycles. The van der Waals surface area contributed by atoms with Crippen molar-refractivity contribution in [2.45, 2.75) is 25.9 Å². The van der Waals surface area contributed by atoms with Crippen LogP contribution in [0.3, 0.4) is 0 Å². The molecule has 104 valence electrons. The molecule has 0 unspecified atom stereocenters. The molecule has 1 fully saturated rings. The highest BCUT2D eigenvalue weighted by Gasteiger charge is 2.24. The van der Waals surface area contributed by atoms with E-state index in [9.17, 15) is 4.79 Å². The SMILES string of the molecule is CCOCC(=O)N1CCC(Oc2cccnn2)CC1. The van der Waals surface area contributed by atoms with E-state index >= 15 is 0 Å². The van der Waals surface area contributed by atoms with Gasteiger partial charge in [-0.05, 0) is 13.0 Å². The van der Waals surface area contributed by atoms with Gasteiger partial charge in [-0.25, -0.2) is 0 Å². The molecule has 0 spiro atoms. The summed E-state index contributed by atoms with van der Waals surface area (Å²) in [5.41, 5.74) is 0. The van der Waals surface area contributed by atoms with Gasteiger partial charge in [-0.3, -0.25) is 4.79 Å². The quantitative estimate of drug-likeness (QED) is 0.791. The molecule has 2 heterocycles. The molecule has 19 heavy (non-hydrogen) atoms. The average molecular weight is 265 g/mol. The summed E-state index contributed by atoms with van der Waals surface area (Å²) in [5, 5.41) is 7.67. The highest BCUT2D eigenvalue weighted by Crippen LogP contribution is 2.16. The third-order valence-electron chi connectivity index (χ3n) is 3.06. The number of hydrogen-bond acceptors (Lipinski definition) is 5. The monoisotopic (exact) mass is 265 g/mol. The summed E-state index contributed by atoms with van der Waals surface area (Å²) in [6.07, 6.45) is 3.35. The van der Waals surface area contributed by atoms with Crippen LogP contribution in [0.25, 0.3) is 0 Å². The Morgan fingerprint density at radius 3 is 2.89 bits per heavy atom. The summed E-state index contributed by atoms with van der Waals surface area (Å²) in [5.74, 6) is 0.599. The number of piperidine rings is 1. The number of ether oxygens (including phenoxy) is 2.